The predicted octanol–water partition coefficient (Wildman–Crippen LogP) is 2.81. The van der Waals surface area contributed by atoms with Crippen LogP contribution >= 0.6 is 11.3 Å². The van der Waals surface area contributed by atoms with Crippen molar-refractivity contribution in [3.8, 4) is 10.6 Å². The number of nitrogens with zero attached hydrogens (tertiary/aromatic N) is 1. The largest absolute Gasteiger partial charge is 0.476 e. The lowest BCUT2D eigenvalue weighted by Crippen LogP contribution is -2.11. The predicted molar refractivity (Wildman–Crippen MR) is 86.3 cm³/mol. The van der Waals surface area contributed by atoms with Crippen molar-refractivity contribution in [1.29, 1.82) is 0 Å². The van der Waals surface area contributed by atoms with Crippen molar-refractivity contribution in [2.24, 2.45) is 11.7 Å². The van der Waals surface area contributed by atoms with Crippen LogP contribution in [0.25, 0.3) is 10.6 Å². The molecule has 1 aromatic heterocycles. The Morgan fingerprint density at radius 2 is 2.13 bits per heavy atom. The van der Waals surface area contributed by atoms with Crippen molar-refractivity contribution >= 4 is 28.2 Å². The van der Waals surface area contributed by atoms with Crippen LogP contribution in [0, 0.1) is 11.7 Å². The number of rotatable bonds is 6. The number of halogens is 1. The van der Waals surface area contributed by atoms with E-state index in [0.29, 0.717) is 17.5 Å². The SMILES string of the molecule is CC(C)CNc1sc(-c2ccc(C(N)=O)cc2F)nc1C(=O)O. The van der Waals surface area contributed by atoms with Crippen LogP contribution in [0.3, 0.4) is 0 Å². The molecule has 2 aromatic rings. The van der Waals surface area contributed by atoms with Gasteiger partial charge in [0.1, 0.15) is 15.8 Å². The zero-order valence-electron chi connectivity index (χ0n) is 12.6. The standard InChI is InChI=1S/C15H16FN3O3S/c1-7(2)6-18-14-11(15(21)22)19-13(23-14)9-4-3-8(12(17)20)5-10(9)16/h3-5,7,18H,6H2,1-2H3,(H2,17,20)(H,21,22). The van der Waals surface area contributed by atoms with Gasteiger partial charge in [-0.2, -0.15) is 0 Å². The maximum atomic E-state index is 14.1. The number of amides is 1. The number of nitrogens with one attached hydrogen (secondary N) is 1. The van der Waals surface area contributed by atoms with Gasteiger partial charge in [-0.25, -0.2) is 14.2 Å². The van der Waals surface area contributed by atoms with E-state index < -0.39 is 17.7 Å². The zero-order valence-corrected chi connectivity index (χ0v) is 13.4. The number of carboxylic acid groups (broad SMARTS) is 1. The fourth-order valence-corrected chi connectivity index (χ4v) is 2.83. The molecule has 0 fully saturated rings. The monoisotopic (exact) mass is 337 g/mol. The number of nitrogens with two attached hydrogens (primary N) is 1. The molecule has 0 aliphatic rings. The van der Waals surface area contributed by atoms with Gasteiger partial charge in [0.25, 0.3) is 0 Å². The van der Waals surface area contributed by atoms with Crippen LogP contribution in [0.1, 0.15) is 34.7 Å². The summed E-state index contributed by atoms with van der Waals surface area (Å²) >= 11 is 1.05. The summed E-state index contributed by atoms with van der Waals surface area (Å²) in [6.45, 7) is 4.54. The smallest absolute Gasteiger partial charge is 0.357 e. The first-order chi connectivity index (χ1) is 10.8. The van der Waals surface area contributed by atoms with E-state index in [1.165, 1.54) is 12.1 Å². The summed E-state index contributed by atoms with van der Waals surface area (Å²) in [5, 5.41) is 12.8. The normalized spacial score (nSPS) is 10.8. The van der Waals surface area contributed by atoms with Gasteiger partial charge < -0.3 is 16.2 Å². The van der Waals surface area contributed by atoms with E-state index in [2.05, 4.69) is 10.3 Å². The Hall–Kier alpha value is -2.48. The fraction of sp³-hybridized carbons (Fsp3) is 0.267. The number of benzene rings is 1. The minimum atomic E-state index is -1.19. The van der Waals surface area contributed by atoms with Crippen molar-refractivity contribution in [1.82, 2.24) is 4.98 Å². The summed E-state index contributed by atoms with van der Waals surface area (Å²) in [6, 6.07) is 3.76. The third-order valence-corrected chi connectivity index (χ3v) is 4.03. The molecule has 0 aliphatic carbocycles. The molecule has 0 unspecified atom stereocenters. The molecule has 2 rings (SSSR count). The quantitative estimate of drug-likeness (QED) is 0.751. The molecular formula is C15H16FN3O3S. The van der Waals surface area contributed by atoms with Crippen LogP contribution in [-0.4, -0.2) is 28.5 Å². The lowest BCUT2D eigenvalue weighted by Gasteiger charge is -2.06. The second-order valence-corrected chi connectivity index (χ2v) is 6.33. The first-order valence-corrected chi connectivity index (χ1v) is 7.69. The Morgan fingerprint density at radius 1 is 1.43 bits per heavy atom. The highest BCUT2D eigenvalue weighted by Crippen LogP contribution is 2.34. The van der Waals surface area contributed by atoms with E-state index in [1.54, 1.807) is 0 Å². The van der Waals surface area contributed by atoms with Gasteiger partial charge in [0, 0.05) is 17.7 Å². The Balaban J connectivity index is 2.42. The minimum Gasteiger partial charge on any atom is -0.476 e. The molecule has 4 N–H and O–H groups in total. The molecule has 122 valence electrons. The molecular weight excluding hydrogens is 321 g/mol. The van der Waals surface area contributed by atoms with Crippen LogP contribution in [0.2, 0.25) is 0 Å². The van der Waals surface area contributed by atoms with E-state index in [1.807, 2.05) is 13.8 Å². The molecule has 0 aliphatic heterocycles. The molecule has 0 spiro atoms. The summed E-state index contributed by atoms with van der Waals surface area (Å²) in [5.74, 6) is -2.29. The summed E-state index contributed by atoms with van der Waals surface area (Å²) in [4.78, 5) is 26.3. The van der Waals surface area contributed by atoms with Gasteiger partial charge in [0.15, 0.2) is 5.69 Å². The number of carbonyl (C=O) groups excluding carboxylic acids is 1. The van der Waals surface area contributed by atoms with E-state index in [9.17, 15) is 19.1 Å². The topological polar surface area (TPSA) is 105 Å². The number of carboxylic acids is 1. The van der Waals surface area contributed by atoms with E-state index in [0.717, 1.165) is 17.4 Å². The number of thiazole rings is 1. The third-order valence-electron chi connectivity index (χ3n) is 2.98. The first kappa shape index (κ1) is 16.9. The average molecular weight is 337 g/mol. The molecule has 1 amide bonds. The maximum absolute atomic E-state index is 14.1. The molecule has 1 aromatic carbocycles. The summed E-state index contributed by atoms with van der Waals surface area (Å²) < 4.78 is 14.1. The van der Waals surface area contributed by atoms with Crippen molar-refractivity contribution in [3.63, 3.8) is 0 Å². The average Bonchev–Trinajstić information content (AvgIpc) is 2.89. The van der Waals surface area contributed by atoms with Crippen LogP contribution < -0.4 is 11.1 Å². The molecule has 0 radical (unpaired) electrons. The summed E-state index contributed by atoms with van der Waals surface area (Å²) in [7, 11) is 0. The van der Waals surface area contributed by atoms with Crippen molar-refractivity contribution < 1.29 is 19.1 Å². The highest BCUT2D eigenvalue weighted by Gasteiger charge is 2.20. The van der Waals surface area contributed by atoms with Crippen molar-refractivity contribution in [2.45, 2.75) is 13.8 Å². The number of aromatic carboxylic acids is 1. The van der Waals surface area contributed by atoms with Gasteiger partial charge in [0.2, 0.25) is 5.91 Å². The van der Waals surface area contributed by atoms with E-state index in [-0.39, 0.29) is 21.8 Å². The highest BCUT2D eigenvalue weighted by molar-refractivity contribution is 7.19. The van der Waals surface area contributed by atoms with Crippen molar-refractivity contribution in [2.75, 3.05) is 11.9 Å². The van der Waals surface area contributed by atoms with Gasteiger partial charge in [-0.1, -0.05) is 25.2 Å². The number of hydrogen-bond donors (Lipinski definition) is 3. The Kier molecular flexibility index (Phi) is 4.95. The van der Waals surface area contributed by atoms with Crippen LogP contribution in [0.4, 0.5) is 9.39 Å². The van der Waals surface area contributed by atoms with Crippen LogP contribution in [0.5, 0.6) is 0 Å². The Morgan fingerprint density at radius 3 is 2.65 bits per heavy atom. The number of hydrogen-bond acceptors (Lipinski definition) is 5. The molecule has 0 atom stereocenters. The second kappa shape index (κ2) is 6.74. The van der Waals surface area contributed by atoms with Gasteiger partial charge in [-0.05, 0) is 24.1 Å². The van der Waals surface area contributed by atoms with E-state index >= 15 is 0 Å². The zero-order chi connectivity index (χ0) is 17.1. The molecule has 0 saturated heterocycles. The number of primary amides is 1. The lowest BCUT2D eigenvalue weighted by atomic mass is 10.1. The third kappa shape index (κ3) is 3.84. The molecule has 8 heteroatoms. The van der Waals surface area contributed by atoms with Gasteiger partial charge in [-0.3, -0.25) is 4.79 Å². The van der Waals surface area contributed by atoms with Gasteiger partial charge >= 0.3 is 5.97 Å². The highest BCUT2D eigenvalue weighted by atomic mass is 32.1. The molecule has 6 nitrogen and oxygen atoms in total. The lowest BCUT2D eigenvalue weighted by molar-refractivity contribution is 0.0692. The summed E-state index contributed by atoms with van der Waals surface area (Å²) in [6.07, 6.45) is 0. The Bertz CT molecular complexity index is 758. The number of carbonyl (C=O) groups is 2. The summed E-state index contributed by atoms with van der Waals surface area (Å²) in [5.41, 5.74) is 5.12. The minimum absolute atomic E-state index is 0.0411. The number of aromatic nitrogens is 1. The van der Waals surface area contributed by atoms with Crippen LogP contribution in [-0.2, 0) is 0 Å². The molecule has 23 heavy (non-hydrogen) atoms. The number of anilines is 1. The fourth-order valence-electron chi connectivity index (χ4n) is 1.84. The van der Waals surface area contributed by atoms with Gasteiger partial charge in [0.05, 0.1) is 0 Å². The molecule has 1 heterocycles. The second-order valence-electron chi connectivity index (χ2n) is 5.34. The maximum Gasteiger partial charge on any atom is 0.357 e. The molecule has 0 bridgehead atoms. The van der Waals surface area contributed by atoms with Crippen LogP contribution in [0.15, 0.2) is 18.2 Å². The molecule has 0 saturated carbocycles. The van der Waals surface area contributed by atoms with Gasteiger partial charge in [-0.15, -0.1) is 0 Å². The first-order valence-electron chi connectivity index (χ1n) is 6.87. The van der Waals surface area contributed by atoms with E-state index in [4.69, 9.17) is 5.73 Å². The van der Waals surface area contributed by atoms with Crippen molar-refractivity contribution in [3.05, 3.63) is 35.3 Å². The Labute approximate surface area is 136 Å².